The molecule has 1 aromatic carbocycles. The van der Waals surface area contributed by atoms with E-state index in [9.17, 15) is 17.6 Å². The maximum atomic E-state index is 13.1. The van der Waals surface area contributed by atoms with Gasteiger partial charge < -0.3 is 15.4 Å². The molecule has 0 bridgehead atoms. The van der Waals surface area contributed by atoms with Crippen LogP contribution in [0.2, 0.25) is 0 Å². The average molecular weight is 308 g/mol. The minimum absolute atomic E-state index is 0.0706. The number of nitrogens with one attached hydrogen (secondary N) is 2. The minimum Gasteiger partial charge on any atom is -0.383 e. The smallest absolute Gasteiger partial charge is 0.383 e. The molecule has 0 aromatic heterocycles. The van der Waals surface area contributed by atoms with Gasteiger partial charge in [0.15, 0.2) is 0 Å². The van der Waals surface area contributed by atoms with E-state index in [4.69, 9.17) is 4.74 Å². The molecule has 0 saturated heterocycles. The van der Waals surface area contributed by atoms with Gasteiger partial charge in [0.2, 0.25) is 0 Å². The molecule has 1 rings (SSSR count). The molecule has 0 fully saturated rings. The number of hydrogen-bond donors (Lipinski definition) is 2. The monoisotopic (exact) mass is 308 g/mol. The topological polar surface area (TPSA) is 33.3 Å². The third-order valence-corrected chi connectivity index (χ3v) is 2.92. The van der Waals surface area contributed by atoms with E-state index >= 15 is 0 Å². The Morgan fingerprint density at radius 1 is 1.29 bits per heavy atom. The van der Waals surface area contributed by atoms with E-state index in [1.807, 2.05) is 6.92 Å². The molecule has 0 aliphatic carbocycles. The summed E-state index contributed by atoms with van der Waals surface area (Å²) >= 11 is 0. The second kappa shape index (κ2) is 8.31. The lowest BCUT2D eigenvalue weighted by Gasteiger charge is -2.15. The Labute approximate surface area is 121 Å². The molecular formula is C14H20F4N2O. The van der Waals surface area contributed by atoms with Gasteiger partial charge in [-0.3, -0.25) is 0 Å². The zero-order chi connectivity index (χ0) is 15.9. The van der Waals surface area contributed by atoms with Gasteiger partial charge in [-0.2, -0.15) is 13.2 Å². The Kier molecular flexibility index (Phi) is 7.07. The Morgan fingerprint density at radius 3 is 2.62 bits per heavy atom. The Hall–Kier alpha value is -1.18. The number of rotatable bonds is 8. The molecular weight excluding hydrogens is 288 g/mol. The lowest BCUT2D eigenvalue weighted by atomic mass is 10.1. The summed E-state index contributed by atoms with van der Waals surface area (Å²) in [5, 5.41) is 6.22. The Morgan fingerprint density at radius 2 is 2.00 bits per heavy atom. The highest BCUT2D eigenvalue weighted by atomic mass is 19.4. The fourth-order valence-corrected chi connectivity index (χ4v) is 1.76. The Bertz CT molecular complexity index is 437. The maximum absolute atomic E-state index is 13.1. The highest BCUT2D eigenvalue weighted by Crippen LogP contribution is 2.31. The van der Waals surface area contributed by atoms with Crippen molar-refractivity contribution < 1.29 is 22.3 Å². The van der Waals surface area contributed by atoms with Crippen molar-refractivity contribution in [2.24, 2.45) is 0 Å². The van der Waals surface area contributed by atoms with Crippen molar-refractivity contribution in [2.45, 2.75) is 25.7 Å². The van der Waals surface area contributed by atoms with Gasteiger partial charge in [0.25, 0.3) is 0 Å². The van der Waals surface area contributed by atoms with Crippen LogP contribution in [-0.2, 0) is 17.5 Å². The van der Waals surface area contributed by atoms with Crippen LogP contribution in [-0.4, -0.2) is 32.8 Å². The highest BCUT2D eigenvalue weighted by Gasteiger charge is 2.34. The van der Waals surface area contributed by atoms with Crippen molar-refractivity contribution in [3.63, 3.8) is 0 Å². The molecule has 0 aliphatic rings. The molecule has 0 aliphatic heterocycles. The molecule has 3 nitrogen and oxygen atoms in total. The van der Waals surface area contributed by atoms with E-state index in [1.54, 1.807) is 7.11 Å². The first kappa shape index (κ1) is 17.9. The quantitative estimate of drug-likeness (QED) is 0.572. The zero-order valence-corrected chi connectivity index (χ0v) is 12.1. The molecule has 120 valence electrons. The van der Waals surface area contributed by atoms with Crippen molar-refractivity contribution in [3.8, 4) is 0 Å². The number of methoxy groups -OCH3 is 1. The SMILES string of the molecule is COCCNCC(C)NCc1ccc(F)c(C(F)(F)F)c1. The summed E-state index contributed by atoms with van der Waals surface area (Å²) in [4.78, 5) is 0. The van der Waals surface area contributed by atoms with Gasteiger partial charge in [0.1, 0.15) is 5.82 Å². The van der Waals surface area contributed by atoms with E-state index in [0.717, 1.165) is 12.1 Å². The van der Waals surface area contributed by atoms with E-state index < -0.39 is 17.6 Å². The first-order valence-corrected chi connectivity index (χ1v) is 6.63. The molecule has 0 spiro atoms. The van der Waals surface area contributed by atoms with Crippen LogP contribution in [0.15, 0.2) is 18.2 Å². The van der Waals surface area contributed by atoms with E-state index in [-0.39, 0.29) is 12.6 Å². The van der Waals surface area contributed by atoms with Crippen LogP contribution in [0.5, 0.6) is 0 Å². The van der Waals surface area contributed by atoms with Crippen LogP contribution < -0.4 is 10.6 Å². The van der Waals surface area contributed by atoms with Crippen LogP contribution in [0.3, 0.4) is 0 Å². The number of benzene rings is 1. The van der Waals surface area contributed by atoms with Gasteiger partial charge >= 0.3 is 6.18 Å². The van der Waals surface area contributed by atoms with Crippen LogP contribution in [0.25, 0.3) is 0 Å². The molecule has 1 aromatic rings. The molecule has 0 heterocycles. The molecule has 0 radical (unpaired) electrons. The Balaban J connectivity index is 2.48. The van der Waals surface area contributed by atoms with Gasteiger partial charge in [0.05, 0.1) is 12.2 Å². The first-order valence-electron chi connectivity index (χ1n) is 6.63. The minimum atomic E-state index is -4.67. The van der Waals surface area contributed by atoms with Crippen molar-refractivity contribution in [1.82, 2.24) is 10.6 Å². The predicted octanol–water partition coefficient (Wildman–Crippen LogP) is 2.56. The van der Waals surface area contributed by atoms with Crippen LogP contribution in [0.1, 0.15) is 18.1 Å². The fourth-order valence-electron chi connectivity index (χ4n) is 1.76. The lowest BCUT2D eigenvalue weighted by molar-refractivity contribution is -0.140. The van der Waals surface area contributed by atoms with E-state index in [1.165, 1.54) is 6.07 Å². The van der Waals surface area contributed by atoms with Gasteiger partial charge in [0, 0.05) is 32.8 Å². The highest BCUT2D eigenvalue weighted by molar-refractivity contribution is 5.27. The predicted molar refractivity (Wildman–Crippen MR) is 72.4 cm³/mol. The van der Waals surface area contributed by atoms with Crippen molar-refractivity contribution >= 4 is 0 Å². The normalized spacial score (nSPS) is 13.4. The molecule has 1 unspecified atom stereocenters. The molecule has 21 heavy (non-hydrogen) atoms. The second-order valence-electron chi connectivity index (χ2n) is 4.79. The number of hydrogen-bond acceptors (Lipinski definition) is 3. The second-order valence-corrected chi connectivity index (χ2v) is 4.79. The third-order valence-electron chi connectivity index (χ3n) is 2.92. The van der Waals surface area contributed by atoms with E-state index in [2.05, 4.69) is 10.6 Å². The average Bonchev–Trinajstić information content (AvgIpc) is 2.41. The maximum Gasteiger partial charge on any atom is 0.419 e. The standard InChI is InChI=1S/C14H20F4N2O/c1-10(8-19-5-6-21-2)20-9-11-3-4-13(15)12(7-11)14(16,17)18/h3-4,7,10,19-20H,5-6,8-9H2,1-2H3. The fraction of sp³-hybridized carbons (Fsp3) is 0.571. The van der Waals surface area contributed by atoms with Crippen LogP contribution in [0.4, 0.5) is 17.6 Å². The summed E-state index contributed by atoms with van der Waals surface area (Å²) in [6.45, 7) is 4.12. The summed E-state index contributed by atoms with van der Waals surface area (Å²) in [6, 6.07) is 3.11. The molecule has 7 heteroatoms. The van der Waals surface area contributed by atoms with Crippen molar-refractivity contribution in [2.75, 3.05) is 26.8 Å². The molecule has 2 N–H and O–H groups in total. The van der Waals surface area contributed by atoms with Gasteiger partial charge in [-0.05, 0) is 24.6 Å². The zero-order valence-electron chi connectivity index (χ0n) is 12.1. The van der Waals surface area contributed by atoms with Crippen LogP contribution >= 0.6 is 0 Å². The molecule has 0 saturated carbocycles. The van der Waals surface area contributed by atoms with Gasteiger partial charge in [-0.25, -0.2) is 4.39 Å². The van der Waals surface area contributed by atoms with Crippen molar-refractivity contribution in [3.05, 3.63) is 35.1 Å². The summed E-state index contributed by atoms with van der Waals surface area (Å²) < 4.78 is 55.8. The van der Waals surface area contributed by atoms with Crippen molar-refractivity contribution in [1.29, 1.82) is 0 Å². The number of ether oxygens (including phenoxy) is 1. The molecule has 0 amide bonds. The summed E-state index contributed by atoms with van der Waals surface area (Å²) in [5.41, 5.74) is -0.833. The number of halogens is 4. The third kappa shape index (κ3) is 6.41. The van der Waals surface area contributed by atoms with E-state index in [0.29, 0.717) is 25.3 Å². The van der Waals surface area contributed by atoms with Gasteiger partial charge in [-0.15, -0.1) is 0 Å². The largest absolute Gasteiger partial charge is 0.419 e. The summed E-state index contributed by atoms with van der Waals surface area (Å²) in [7, 11) is 1.61. The summed E-state index contributed by atoms with van der Waals surface area (Å²) in [6.07, 6.45) is -4.67. The van der Waals surface area contributed by atoms with Gasteiger partial charge in [-0.1, -0.05) is 6.07 Å². The first-order chi connectivity index (χ1) is 9.84. The van der Waals surface area contributed by atoms with Crippen LogP contribution in [0, 0.1) is 5.82 Å². The summed E-state index contributed by atoms with van der Waals surface area (Å²) in [5.74, 6) is -1.25. The number of alkyl halides is 3. The molecule has 1 atom stereocenters. The lowest BCUT2D eigenvalue weighted by Crippen LogP contribution is -2.37.